The second-order valence-corrected chi connectivity index (χ2v) is 5.22. The smallest absolute Gasteiger partial charge is 0.185 e. The van der Waals surface area contributed by atoms with Gasteiger partial charge in [-0.3, -0.25) is 4.79 Å². The van der Waals surface area contributed by atoms with Gasteiger partial charge in [-0.1, -0.05) is 36.0 Å². The fourth-order valence-corrected chi connectivity index (χ4v) is 2.46. The molecule has 1 aromatic heterocycles. The maximum absolute atomic E-state index is 11.8. The van der Waals surface area contributed by atoms with Crippen LogP contribution in [-0.4, -0.2) is 16.5 Å². The molecule has 4 nitrogen and oxygen atoms in total. The first-order valence-electron chi connectivity index (χ1n) is 6.00. The first-order valence-corrected chi connectivity index (χ1v) is 6.98. The molecule has 20 heavy (non-hydrogen) atoms. The van der Waals surface area contributed by atoms with Gasteiger partial charge < -0.3 is 5.73 Å². The predicted octanol–water partition coefficient (Wildman–Crippen LogP) is 2.65. The molecule has 0 aliphatic rings. The van der Waals surface area contributed by atoms with Gasteiger partial charge in [0.2, 0.25) is 0 Å². The maximum atomic E-state index is 11.8. The summed E-state index contributed by atoms with van der Waals surface area (Å²) in [5.41, 5.74) is 6.67. The summed E-state index contributed by atoms with van der Waals surface area (Å²) in [4.78, 5) is 16.3. The lowest BCUT2D eigenvalue weighted by Gasteiger charge is -2.03. The van der Waals surface area contributed by atoms with E-state index in [0.717, 1.165) is 15.9 Å². The van der Waals surface area contributed by atoms with Gasteiger partial charge in [0.15, 0.2) is 5.78 Å². The lowest BCUT2D eigenvalue weighted by molar-refractivity contribution is -0.112. The minimum Gasteiger partial charge on any atom is -0.401 e. The van der Waals surface area contributed by atoms with Crippen molar-refractivity contribution in [2.24, 2.45) is 5.73 Å². The van der Waals surface area contributed by atoms with Gasteiger partial charge in [0, 0.05) is 11.1 Å². The highest BCUT2D eigenvalue weighted by atomic mass is 32.2. The molecule has 0 spiro atoms. The summed E-state index contributed by atoms with van der Waals surface area (Å²) >= 11 is 1.30. The quantitative estimate of drug-likeness (QED) is 0.530. The van der Waals surface area contributed by atoms with Crippen LogP contribution in [0, 0.1) is 11.3 Å². The number of para-hydroxylation sites is 1. The Morgan fingerprint density at radius 3 is 2.80 bits per heavy atom. The van der Waals surface area contributed by atoms with Crippen LogP contribution in [0.15, 0.2) is 52.7 Å². The minimum absolute atomic E-state index is 0.0262. The van der Waals surface area contributed by atoms with Crippen LogP contribution in [0.3, 0.4) is 0 Å². The van der Waals surface area contributed by atoms with Gasteiger partial charge >= 0.3 is 0 Å². The molecule has 0 atom stereocenters. The molecule has 0 amide bonds. The Hall–Kier alpha value is -2.32. The van der Waals surface area contributed by atoms with Gasteiger partial charge in [-0.15, -0.1) is 0 Å². The molecule has 0 fully saturated rings. The summed E-state index contributed by atoms with van der Waals surface area (Å²) < 4.78 is 0. The van der Waals surface area contributed by atoms with E-state index in [2.05, 4.69) is 4.98 Å². The zero-order chi connectivity index (χ0) is 14.5. The first-order chi connectivity index (χ1) is 9.61. The third kappa shape index (κ3) is 3.16. The lowest BCUT2D eigenvalue weighted by Crippen LogP contribution is -2.10. The summed E-state index contributed by atoms with van der Waals surface area (Å²) in [5, 5.41) is 10.7. The number of pyridine rings is 1. The van der Waals surface area contributed by atoms with E-state index < -0.39 is 0 Å². The Balaban J connectivity index is 2.12. The molecular weight excluding hydrogens is 270 g/mol. The second-order valence-electron chi connectivity index (χ2n) is 4.22. The van der Waals surface area contributed by atoms with Crippen LogP contribution in [0.25, 0.3) is 10.9 Å². The number of benzene rings is 1. The number of nitrogens with two attached hydrogens (primary N) is 1. The van der Waals surface area contributed by atoms with Crippen LogP contribution >= 0.6 is 11.8 Å². The molecular formula is C15H13N3OS. The number of thioether (sulfide) groups is 1. The van der Waals surface area contributed by atoms with Crippen molar-refractivity contribution in [3.63, 3.8) is 0 Å². The Morgan fingerprint density at radius 2 is 2.10 bits per heavy atom. The summed E-state index contributed by atoms with van der Waals surface area (Å²) in [7, 11) is 0. The molecule has 0 saturated heterocycles. The number of hydrogen-bond acceptors (Lipinski definition) is 5. The van der Waals surface area contributed by atoms with E-state index in [-0.39, 0.29) is 22.8 Å². The van der Waals surface area contributed by atoms with E-state index >= 15 is 0 Å². The largest absolute Gasteiger partial charge is 0.401 e. The molecule has 1 heterocycles. The molecule has 0 bridgehead atoms. The molecule has 2 N–H and O–H groups in total. The van der Waals surface area contributed by atoms with Crippen LogP contribution in [0.4, 0.5) is 0 Å². The average molecular weight is 283 g/mol. The van der Waals surface area contributed by atoms with E-state index in [9.17, 15) is 4.79 Å². The zero-order valence-corrected chi connectivity index (χ0v) is 11.8. The van der Waals surface area contributed by atoms with Crippen molar-refractivity contribution < 1.29 is 4.79 Å². The summed E-state index contributed by atoms with van der Waals surface area (Å²) in [5.74, 6) is -0.115. The van der Waals surface area contributed by atoms with E-state index in [0.29, 0.717) is 0 Å². The first kappa shape index (κ1) is 14.1. The van der Waals surface area contributed by atoms with Crippen molar-refractivity contribution in [1.29, 1.82) is 5.26 Å². The number of carbonyl (C=O) groups is 1. The number of rotatable bonds is 4. The highest BCUT2D eigenvalue weighted by Gasteiger charge is 2.12. The Labute approximate surface area is 121 Å². The van der Waals surface area contributed by atoms with E-state index in [1.54, 1.807) is 6.92 Å². The van der Waals surface area contributed by atoms with Gasteiger partial charge in [-0.05, 0) is 19.1 Å². The summed E-state index contributed by atoms with van der Waals surface area (Å²) in [6.07, 6.45) is 0. The van der Waals surface area contributed by atoms with Gasteiger partial charge in [0.05, 0.1) is 16.3 Å². The van der Waals surface area contributed by atoms with E-state index in [1.807, 2.05) is 42.5 Å². The minimum atomic E-state index is -0.271. The number of hydrogen-bond donors (Lipinski definition) is 1. The fraction of sp³-hybridized carbons (Fsp3) is 0.133. The van der Waals surface area contributed by atoms with Crippen molar-refractivity contribution in [2.45, 2.75) is 11.9 Å². The van der Waals surface area contributed by atoms with Crippen molar-refractivity contribution >= 4 is 28.4 Å². The Bertz CT molecular complexity index is 727. The van der Waals surface area contributed by atoms with Crippen molar-refractivity contribution in [2.75, 3.05) is 5.75 Å². The SMILES string of the molecule is C/C(N)=C(\C#N)C(=O)CSc1ccc2ccccc2n1. The molecule has 2 aromatic rings. The standard InChI is InChI=1S/C15H13N3OS/c1-10(17)12(8-16)14(19)9-20-15-7-6-11-4-2-3-5-13(11)18-15/h2-7H,9,17H2,1H3/b12-10-. The number of nitrogens with zero attached hydrogens (tertiary/aromatic N) is 2. The maximum Gasteiger partial charge on any atom is 0.185 e. The molecule has 0 radical (unpaired) electrons. The monoisotopic (exact) mass is 283 g/mol. The van der Waals surface area contributed by atoms with Crippen molar-refractivity contribution in [3.8, 4) is 6.07 Å². The molecule has 0 aliphatic carbocycles. The highest BCUT2D eigenvalue weighted by Crippen LogP contribution is 2.20. The number of carbonyl (C=O) groups excluding carboxylic acids is 1. The third-order valence-corrected chi connectivity index (χ3v) is 3.64. The van der Waals surface area contributed by atoms with Crippen LogP contribution in [0.1, 0.15) is 6.92 Å². The highest BCUT2D eigenvalue weighted by molar-refractivity contribution is 7.99. The van der Waals surface area contributed by atoms with Gasteiger partial charge in [-0.2, -0.15) is 5.26 Å². The number of aromatic nitrogens is 1. The van der Waals surface area contributed by atoms with Crippen LogP contribution in [0.5, 0.6) is 0 Å². The van der Waals surface area contributed by atoms with E-state index in [4.69, 9.17) is 11.0 Å². The topological polar surface area (TPSA) is 79.8 Å². The average Bonchev–Trinajstić information content (AvgIpc) is 2.45. The van der Waals surface area contributed by atoms with Crippen LogP contribution in [0.2, 0.25) is 0 Å². The number of Topliss-reactive ketones (excluding diaryl/α,β-unsaturated/α-hetero) is 1. The number of nitriles is 1. The Kier molecular flexibility index (Phi) is 4.38. The summed E-state index contributed by atoms with van der Waals surface area (Å²) in [6, 6.07) is 13.4. The lowest BCUT2D eigenvalue weighted by atomic mass is 10.2. The number of ketones is 1. The van der Waals surface area contributed by atoms with Crippen molar-refractivity contribution in [3.05, 3.63) is 47.7 Å². The number of fused-ring (bicyclic) bond motifs is 1. The van der Waals surface area contributed by atoms with Gasteiger partial charge in [0.1, 0.15) is 11.6 Å². The summed E-state index contributed by atoms with van der Waals surface area (Å²) in [6.45, 7) is 1.55. The molecule has 0 saturated carbocycles. The molecule has 100 valence electrons. The second kappa shape index (κ2) is 6.22. The fourth-order valence-electron chi connectivity index (χ4n) is 1.71. The molecule has 5 heteroatoms. The molecule has 0 unspecified atom stereocenters. The third-order valence-electron chi connectivity index (χ3n) is 2.71. The van der Waals surface area contributed by atoms with Crippen LogP contribution < -0.4 is 5.73 Å². The predicted molar refractivity (Wildman–Crippen MR) is 80.0 cm³/mol. The van der Waals surface area contributed by atoms with Gasteiger partial charge in [-0.25, -0.2) is 4.98 Å². The number of allylic oxidation sites excluding steroid dienone is 2. The van der Waals surface area contributed by atoms with E-state index in [1.165, 1.54) is 11.8 Å². The molecule has 2 rings (SSSR count). The van der Waals surface area contributed by atoms with Crippen molar-refractivity contribution in [1.82, 2.24) is 4.98 Å². The molecule has 0 aliphatic heterocycles. The van der Waals surface area contributed by atoms with Gasteiger partial charge in [0.25, 0.3) is 0 Å². The Morgan fingerprint density at radius 1 is 1.35 bits per heavy atom. The normalized spacial score (nSPS) is 11.8. The van der Waals surface area contributed by atoms with Crippen LogP contribution in [-0.2, 0) is 4.79 Å². The molecule has 1 aromatic carbocycles. The zero-order valence-electron chi connectivity index (χ0n) is 11.0.